The second kappa shape index (κ2) is 6.66. The molecule has 0 saturated heterocycles. The minimum atomic E-state index is 1.15. The molecule has 1 aromatic heterocycles. The number of hydrogen-bond acceptors (Lipinski definition) is 0. The fourth-order valence-corrected chi connectivity index (χ4v) is 3.27. The molecule has 120 valence electrons. The molecule has 0 bridgehead atoms. The van der Waals surface area contributed by atoms with Gasteiger partial charge in [-0.25, -0.2) is 0 Å². The molecular formula is C24H19N. The fraction of sp³-hybridized carbons (Fsp3) is 0. The first kappa shape index (κ1) is 15.2. The Morgan fingerprint density at radius 1 is 0.600 bits per heavy atom. The van der Waals surface area contributed by atoms with Crippen molar-refractivity contribution in [2.75, 3.05) is 0 Å². The van der Waals surface area contributed by atoms with Gasteiger partial charge in [-0.3, -0.25) is 0 Å². The molecule has 0 saturated carbocycles. The SMILES string of the molecule is C=Cn1c(-c2ccccc2)cc(-c2ccccc2)c1-c1ccccc1. The van der Waals surface area contributed by atoms with Crippen LogP contribution in [0.3, 0.4) is 0 Å². The van der Waals surface area contributed by atoms with Gasteiger partial charge in [0.25, 0.3) is 0 Å². The van der Waals surface area contributed by atoms with Crippen LogP contribution >= 0.6 is 0 Å². The van der Waals surface area contributed by atoms with Gasteiger partial charge >= 0.3 is 0 Å². The van der Waals surface area contributed by atoms with E-state index in [2.05, 4.69) is 90.0 Å². The smallest absolute Gasteiger partial charge is 0.0607 e. The molecule has 0 unspecified atom stereocenters. The molecule has 0 aliphatic rings. The van der Waals surface area contributed by atoms with Gasteiger partial charge in [0, 0.05) is 11.8 Å². The summed E-state index contributed by atoms with van der Waals surface area (Å²) in [4.78, 5) is 0. The Hall–Kier alpha value is -3.32. The third kappa shape index (κ3) is 2.81. The zero-order valence-corrected chi connectivity index (χ0v) is 14.0. The molecule has 0 fully saturated rings. The average Bonchev–Trinajstić information content (AvgIpc) is 3.09. The quantitative estimate of drug-likeness (QED) is 0.399. The predicted molar refractivity (Wildman–Crippen MR) is 107 cm³/mol. The van der Waals surface area contributed by atoms with Gasteiger partial charge in [-0.05, 0) is 22.8 Å². The Bertz CT molecular complexity index is 980. The van der Waals surface area contributed by atoms with Crippen molar-refractivity contribution in [3.63, 3.8) is 0 Å². The van der Waals surface area contributed by atoms with Gasteiger partial charge in [0.1, 0.15) is 0 Å². The van der Waals surface area contributed by atoms with Crippen LogP contribution in [-0.4, -0.2) is 4.57 Å². The van der Waals surface area contributed by atoms with E-state index in [-0.39, 0.29) is 0 Å². The molecule has 25 heavy (non-hydrogen) atoms. The Morgan fingerprint density at radius 3 is 1.60 bits per heavy atom. The number of hydrogen-bond donors (Lipinski definition) is 0. The van der Waals surface area contributed by atoms with Crippen LogP contribution in [0.1, 0.15) is 0 Å². The predicted octanol–water partition coefficient (Wildman–Crippen LogP) is 6.59. The van der Waals surface area contributed by atoms with Crippen LogP contribution in [-0.2, 0) is 0 Å². The Kier molecular flexibility index (Phi) is 4.05. The first-order chi connectivity index (χ1) is 12.4. The Labute approximate surface area is 148 Å². The molecule has 0 radical (unpaired) electrons. The molecule has 0 atom stereocenters. The first-order valence-corrected chi connectivity index (χ1v) is 8.42. The van der Waals surface area contributed by atoms with Crippen LogP contribution in [0.5, 0.6) is 0 Å². The lowest BCUT2D eigenvalue weighted by molar-refractivity contribution is 1.19. The minimum Gasteiger partial charge on any atom is -0.316 e. The summed E-state index contributed by atoms with van der Waals surface area (Å²) in [6, 6.07) is 33.7. The highest BCUT2D eigenvalue weighted by molar-refractivity contribution is 5.88. The van der Waals surface area contributed by atoms with Crippen LogP contribution < -0.4 is 0 Å². The van der Waals surface area contributed by atoms with E-state index in [9.17, 15) is 0 Å². The summed E-state index contributed by atoms with van der Waals surface area (Å²) in [5.41, 5.74) is 7.10. The highest BCUT2D eigenvalue weighted by Crippen LogP contribution is 2.39. The summed E-state index contributed by atoms with van der Waals surface area (Å²) in [6.45, 7) is 4.07. The van der Waals surface area contributed by atoms with Crippen molar-refractivity contribution in [2.24, 2.45) is 0 Å². The molecule has 0 aliphatic heterocycles. The standard InChI is InChI=1S/C24H19N/c1-2-25-23(20-14-8-4-9-15-20)18-22(19-12-6-3-7-13-19)24(25)21-16-10-5-11-17-21/h2-18H,1H2. The summed E-state index contributed by atoms with van der Waals surface area (Å²) in [5.74, 6) is 0. The van der Waals surface area contributed by atoms with E-state index in [1.54, 1.807) is 0 Å². The molecule has 4 aromatic rings. The van der Waals surface area contributed by atoms with Gasteiger partial charge < -0.3 is 4.57 Å². The number of benzene rings is 3. The molecule has 4 rings (SSSR count). The lowest BCUT2D eigenvalue weighted by Gasteiger charge is -2.11. The minimum absolute atomic E-state index is 1.15. The van der Waals surface area contributed by atoms with E-state index in [4.69, 9.17) is 0 Å². The molecule has 0 spiro atoms. The lowest BCUT2D eigenvalue weighted by atomic mass is 10.0. The van der Waals surface area contributed by atoms with Gasteiger partial charge in [0.15, 0.2) is 0 Å². The van der Waals surface area contributed by atoms with Crippen LogP contribution in [0.15, 0.2) is 104 Å². The highest BCUT2D eigenvalue weighted by Gasteiger charge is 2.17. The molecule has 0 amide bonds. The Morgan fingerprint density at radius 2 is 1.08 bits per heavy atom. The fourth-order valence-electron chi connectivity index (χ4n) is 3.27. The maximum absolute atomic E-state index is 4.07. The van der Waals surface area contributed by atoms with Gasteiger partial charge in [-0.15, -0.1) is 0 Å². The largest absolute Gasteiger partial charge is 0.316 e. The molecule has 0 aliphatic carbocycles. The number of rotatable bonds is 4. The second-order valence-electron chi connectivity index (χ2n) is 5.94. The summed E-state index contributed by atoms with van der Waals surface area (Å²) in [6.07, 6.45) is 1.90. The molecule has 1 heteroatoms. The summed E-state index contributed by atoms with van der Waals surface area (Å²) in [7, 11) is 0. The van der Waals surface area contributed by atoms with Crippen molar-refractivity contribution in [1.29, 1.82) is 0 Å². The van der Waals surface area contributed by atoms with Gasteiger partial charge in [0.2, 0.25) is 0 Å². The monoisotopic (exact) mass is 321 g/mol. The van der Waals surface area contributed by atoms with Crippen molar-refractivity contribution < 1.29 is 0 Å². The summed E-state index contributed by atoms with van der Waals surface area (Å²) >= 11 is 0. The Balaban J connectivity index is 2.03. The third-order valence-electron chi connectivity index (χ3n) is 4.42. The van der Waals surface area contributed by atoms with Crippen LogP contribution in [0.25, 0.3) is 39.8 Å². The van der Waals surface area contributed by atoms with E-state index in [0.717, 1.165) is 5.69 Å². The normalized spacial score (nSPS) is 10.6. The molecular weight excluding hydrogens is 302 g/mol. The molecule has 0 N–H and O–H groups in total. The van der Waals surface area contributed by atoms with Gasteiger partial charge in [-0.2, -0.15) is 0 Å². The maximum Gasteiger partial charge on any atom is 0.0607 e. The van der Waals surface area contributed by atoms with Gasteiger partial charge in [-0.1, -0.05) is 97.6 Å². The zero-order chi connectivity index (χ0) is 17.1. The number of nitrogens with zero attached hydrogens (tertiary/aromatic N) is 1. The molecule has 3 aromatic carbocycles. The molecule has 1 nitrogen and oxygen atoms in total. The maximum atomic E-state index is 4.07. The van der Waals surface area contributed by atoms with Crippen molar-refractivity contribution in [3.05, 3.63) is 104 Å². The van der Waals surface area contributed by atoms with Crippen molar-refractivity contribution in [2.45, 2.75) is 0 Å². The number of aromatic nitrogens is 1. The van der Waals surface area contributed by atoms with E-state index in [0.29, 0.717) is 0 Å². The second-order valence-corrected chi connectivity index (χ2v) is 5.94. The van der Waals surface area contributed by atoms with Crippen LogP contribution in [0.2, 0.25) is 0 Å². The molecule has 1 heterocycles. The van der Waals surface area contributed by atoms with E-state index >= 15 is 0 Å². The zero-order valence-electron chi connectivity index (χ0n) is 14.0. The topological polar surface area (TPSA) is 4.93 Å². The van der Waals surface area contributed by atoms with Crippen molar-refractivity contribution in [1.82, 2.24) is 4.57 Å². The van der Waals surface area contributed by atoms with Gasteiger partial charge in [0.05, 0.1) is 11.4 Å². The first-order valence-electron chi connectivity index (χ1n) is 8.42. The average molecular weight is 321 g/mol. The third-order valence-corrected chi connectivity index (χ3v) is 4.42. The summed E-state index contributed by atoms with van der Waals surface area (Å²) in [5, 5.41) is 0. The van der Waals surface area contributed by atoms with Crippen molar-refractivity contribution in [3.8, 4) is 33.6 Å². The van der Waals surface area contributed by atoms with E-state index < -0.39 is 0 Å². The highest BCUT2D eigenvalue weighted by atomic mass is 15.0. The van der Waals surface area contributed by atoms with Crippen LogP contribution in [0, 0.1) is 0 Å². The lowest BCUT2D eigenvalue weighted by Crippen LogP contribution is -1.93. The van der Waals surface area contributed by atoms with Crippen LogP contribution in [0.4, 0.5) is 0 Å². The van der Waals surface area contributed by atoms with Crippen molar-refractivity contribution >= 4 is 6.20 Å². The van der Waals surface area contributed by atoms with E-state index in [1.165, 1.54) is 27.9 Å². The van der Waals surface area contributed by atoms with E-state index in [1.807, 2.05) is 24.4 Å². The summed E-state index contributed by atoms with van der Waals surface area (Å²) < 4.78 is 2.19.